The zero-order valence-corrected chi connectivity index (χ0v) is 12.5. The molecule has 1 rings (SSSR count). The molecule has 0 aliphatic carbocycles. The summed E-state index contributed by atoms with van der Waals surface area (Å²) in [7, 11) is 3.84. The number of nitrogens with zero attached hydrogens (tertiary/aromatic N) is 2. The average molecular weight is 287 g/mol. The van der Waals surface area contributed by atoms with Crippen LogP contribution in [0, 0.1) is 5.92 Å². The molecule has 3 N–H and O–H groups in total. The normalized spacial score (nSPS) is 24.2. The van der Waals surface area contributed by atoms with Crippen LogP contribution in [-0.2, 0) is 4.79 Å². The van der Waals surface area contributed by atoms with Gasteiger partial charge in [-0.25, -0.2) is 9.59 Å². The predicted octanol–water partition coefficient (Wildman–Crippen LogP) is -0.198. The van der Waals surface area contributed by atoms with E-state index in [1.165, 1.54) is 4.90 Å². The number of aliphatic hydroxyl groups excluding tert-OH is 1. The van der Waals surface area contributed by atoms with E-state index in [1.54, 1.807) is 0 Å². The zero-order chi connectivity index (χ0) is 15.4. The van der Waals surface area contributed by atoms with Crippen LogP contribution >= 0.6 is 0 Å². The third-order valence-electron chi connectivity index (χ3n) is 3.50. The quantitative estimate of drug-likeness (QED) is 0.651. The number of likely N-dealkylation sites (N-methyl/N-ethyl adjacent to an activating group) is 1. The first kappa shape index (κ1) is 16.7. The van der Waals surface area contributed by atoms with Gasteiger partial charge in [0.2, 0.25) is 0 Å². The molecule has 1 saturated heterocycles. The number of amides is 2. The second-order valence-electron chi connectivity index (χ2n) is 5.96. The first-order valence-corrected chi connectivity index (χ1v) is 6.85. The molecule has 1 aliphatic rings. The fraction of sp³-hybridized carbons (Fsp3) is 0.846. The maximum Gasteiger partial charge on any atom is 0.326 e. The maximum absolute atomic E-state index is 12.2. The van der Waals surface area contributed by atoms with Gasteiger partial charge in [-0.05, 0) is 20.0 Å². The van der Waals surface area contributed by atoms with Gasteiger partial charge in [-0.15, -0.1) is 0 Å². The molecule has 1 unspecified atom stereocenters. The summed E-state index contributed by atoms with van der Waals surface area (Å²) in [4.78, 5) is 26.5. The van der Waals surface area contributed by atoms with E-state index < -0.39 is 24.1 Å². The van der Waals surface area contributed by atoms with E-state index in [1.807, 2.05) is 32.8 Å². The van der Waals surface area contributed by atoms with Gasteiger partial charge in [-0.3, -0.25) is 0 Å². The Bertz CT molecular complexity index is 360. The summed E-state index contributed by atoms with van der Waals surface area (Å²) in [6.07, 6.45) is -0.684. The highest BCUT2D eigenvalue weighted by Crippen LogP contribution is 2.18. The summed E-state index contributed by atoms with van der Waals surface area (Å²) >= 11 is 0. The molecular formula is C13H25N3O4. The highest BCUT2D eigenvalue weighted by Gasteiger charge is 2.39. The molecule has 1 fully saturated rings. The SMILES string of the molecule is CC(C)C(CN(C)C)NC(=O)N1C[C@H](O)C[C@@H]1C(=O)O. The number of carboxylic acid groups (broad SMARTS) is 1. The number of aliphatic carboxylic acids is 1. The molecule has 0 radical (unpaired) electrons. The molecule has 0 bridgehead atoms. The number of nitrogens with one attached hydrogen (secondary N) is 1. The number of urea groups is 1. The number of carbonyl (C=O) groups is 2. The first-order chi connectivity index (χ1) is 9.22. The van der Waals surface area contributed by atoms with Crippen molar-refractivity contribution in [2.45, 2.75) is 38.5 Å². The van der Waals surface area contributed by atoms with Crippen molar-refractivity contribution < 1.29 is 19.8 Å². The fourth-order valence-corrected chi connectivity index (χ4v) is 2.33. The lowest BCUT2D eigenvalue weighted by Crippen LogP contribution is -2.52. The van der Waals surface area contributed by atoms with Crippen LogP contribution in [0.1, 0.15) is 20.3 Å². The molecule has 20 heavy (non-hydrogen) atoms. The Hall–Kier alpha value is -1.34. The lowest BCUT2D eigenvalue weighted by atomic mass is 10.0. The first-order valence-electron chi connectivity index (χ1n) is 6.85. The van der Waals surface area contributed by atoms with E-state index in [9.17, 15) is 14.7 Å². The Morgan fingerprint density at radius 1 is 1.40 bits per heavy atom. The number of rotatable bonds is 5. The molecule has 0 aromatic heterocycles. The molecule has 0 aromatic rings. The Labute approximate surface area is 119 Å². The zero-order valence-electron chi connectivity index (χ0n) is 12.5. The van der Waals surface area contributed by atoms with E-state index >= 15 is 0 Å². The highest BCUT2D eigenvalue weighted by atomic mass is 16.4. The van der Waals surface area contributed by atoms with Crippen molar-refractivity contribution in [2.24, 2.45) is 5.92 Å². The molecule has 0 spiro atoms. The summed E-state index contributed by atoms with van der Waals surface area (Å²) in [5, 5.41) is 21.5. The standard InChI is InChI=1S/C13H25N3O4/c1-8(2)10(7-15(3)4)14-13(20)16-6-9(17)5-11(16)12(18)19/h8-11,17H,5-7H2,1-4H3,(H,14,20)(H,18,19)/t9-,10?,11-/m1/s1. The van der Waals surface area contributed by atoms with Gasteiger partial charge in [-0.1, -0.05) is 13.8 Å². The third kappa shape index (κ3) is 4.35. The Morgan fingerprint density at radius 3 is 2.45 bits per heavy atom. The Balaban J connectivity index is 2.70. The van der Waals surface area contributed by atoms with Crippen LogP contribution in [0.4, 0.5) is 4.79 Å². The van der Waals surface area contributed by atoms with Crippen LogP contribution in [-0.4, -0.2) is 77.4 Å². The van der Waals surface area contributed by atoms with Crippen LogP contribution in [0.25, 0.3) is 0 Å². The fourth-order valence-electron chi connectivity index (χ4n) is 2.33. The van der Waals surface area contributed by atoms with Gasteiger partial charge >= 0.3 is 12.0 Å². The van der Waals surface area contributed by atoms with Gasteiger partial charge in [0.1, 0.15) is 6.04 Å². The minimum absolute atomic E-state index is 0.0651. The van der Waals surface area contributed by atoms with Crippen LogP contribution in [0.2, 0.25) is 0 Å². The summed E-state index contributed by atoms with van der Waals surface area (Å²) in [6, 6.07) is -1.43. The molecule has 3 atom stereocenters. The summed E-state index contributed by atoms with van der Waals surface area (Å²) in [5.41, 5.74) is 0. The topological polar surface area (TPSA) is 93.1 Å². The Morgan fingerprint density at radius 2 is 2.00 bits per heavy atom. The molecule has 1 heterocycles. The van der Waals surface area contributed by atoms with Crippen molar-refractivity contribution >= 4 is 12.0 Å². The monoisotopic (exact) mass is 287 g/mol. The lowest BCUT2D eigenvalue weighted by molar-refractivity contribution is -0.141. The number of likely N-dealkylation sites (tertiary alicyclic amines) is 1. The number of hydrogen-bond donors (Lipinski definition) is 3. The van der Waals surface area contributed by atoms with Crippen molar-refractivity contribution in [1.29, 1.82) is 0 Å². The number of hydrogen-bond acceptors (Lipinski definition) is 4. The van der Waals surface area contributed by atoms with E-state index in [4.69, 9.17) is 5.11 Å². The number of β-amino-alcohol motifs (C(OH)–C–C–N with tert-alkyl or cyclic N) is 1. The molecule has 1 aliphatic heterocycles. The summed E-state index contributed by atoms with van der Waals surface area (Å²) in [6.45, 7) is 4.75. The average Bonchev–Trinajstić information content (AvgIpc) is 2.69. The lowest BCUT2D eigenvalue weighted by Gasteiger charge is -2.29. The smallest absolute Gasteiger partial charge is 0.326 e. The van der Waals surface area contributed by atoms with Crippen LogP contribution in [0.3, 0.4) is 0 Å². The second-order valence-corrected chi connectivity index (χ2v) is 5.96. The van der Waals surface area contributed by atoms with Gasteiger partial charge in [-0.2, -0.15) is 0 Å². The van der Waals surface area contributed by atoms with Crippen LogP contribution < -0.4 is 5.32 Å². The van der Waals surface area contributed by atoms with Crippen molar-refractivity contribution in [3.8, 4) is 0 Å². The van der Waals surface area contributed by atoms with Crippen molar-refractivity contribution in [2.75, 3.05) is 27.2 Å². The van der Waals surface area contributed by atoms with Crippen LogP contribution in [0.5, 0.6) is 0 Å². The molecule has 116 valence electrons. The van der Waals surface area contributed by atoms with E-state index in [0.717, 1.165) is 0 Å². The number of carbonyl (C=O) groups excluding carboxylic acids is 1. The minimum atomic E-state index is -1.08. The Kier molecular flexibility index (Phi) is 5.76. The van der Waals surface area contributed by atoms with Crippen molar-refractivity contribution in [3.05, 3.63) is 0 Å². The van der Waals surface area contributed by atoms with E-state index in [-0.39, 0.29) is 24.9 Å². The van der Waals surface area contributed by atoms with Gasteiger partial charge < -0.3 is 25.3 Å². The number of aliphatic hydroxyl groups is 1. The molecule has 0 aromatic carbocycles. The van der Waals surface area contributed by atoms with Gasteiger partial charge in [0.15, 0.2) is 0 Å². The van der Waals surface area contributed by atoms with Gasteiger partial charge in [0, 0.05) is 25.6 Å². The third-order valence-corrected chi connectivity index (χ3v) is 3.50. The predicted molar refractivity (Wildman–Crippen MR) is 74.5 cm³/mol. The molecule has 7 nitrogen and oxygen atoms in total. The molecule has 0 saturated carbocycles. The van der Waals surface area contributed by atoms with Gasteiger partial charge in [0.25, 0.3) is 0 Å². The van der Waals surface area contributed by atoms with E-state index in [2.05, 4.69) is 5.32 Å². The minimum Gasteiger partial charge on any atom is -0.480 e. The largest absolute Gasteiger partial charge is 0.480 e. The molecular weight excluding hydrogens is 262 g/mol. The second kappa shape index (κ2) is 6.90. The van der Waals surface area contributed by atoms with Gasteiger partial charge in [0.05, 0.1) is 6.10 Å². The maximum atomic E-state index is 12.2. The van der Waals surface area contributed by atoms with E-state index in [0.29, 0.717) is 6.54 Å². The number of carboxylic acids is 1. The molecule has 2 amide bonds. The van der Waals surface area contributed by atoms with Crippen molar-refractivity contribution in [3.63, 3.8) is 0 Å². The summed E-state index contributed by atoms with van der Waals surface area (Å²) in [5.74, 6) is -0.845. The highest BCUT2D eigenvalue weighted by molar-refractivity contribution is 5.83. The van der Waals surface area contributed by atoms with Crippen molar-refractivity contribution in [1.82, 2.24) is 15.1 Å². The summed E-state index contributed by atoms with van der Waals surface area (Å²) < 4.78 is 0. The van der Waals surface area contributed by atoms with Crippen LogP contribution in [0.15, 0.2) is 0 Å². The molecule has 7 heteroatoms.